The quantitative estimate of drug-likeness (QED) is 0.794. The largest absolute Gasteiger partial charge is 0.341 e. The number of hydrogen-bond donors (Lipinski definition) is 1. The lowest BCUT2D eigenvalue weighted by atomic mass is 10.1. The molecule has 0 aliphatic rings. The van der Waals surface area contributed by atoms with E-state index in [-0.39, 0.29) is 16.9 Å². The molecule has 25 heavy (non-hydrogen) atoms. The van der Waals surface area contributed by atoms with Gasteiger partial charge in [0.05, 0.1) is 11.7 Å². The molecule has 3 rings (SSSR count). The van der Waals surface area contributed by atoms with Gasteiger partial charge < -0.3 is 4.90 Å². The molecule has 132 valence electrons. The summed E-state index contributed by atoms with van der Waals surface area (Å²) in [5.41, 5.74) is 1.41. The Labute approximate surface area is 145 Å². The van der Waals surface area contributed by atoms with Crippen LogP contribution in [0.2, 0.25) is 0 Å². The van der Waals surface area contributed by atoms with Gasteiger partial charge in [-0.3, -0.25) is 9.78 Å². The summed E-state index contributed by atoms with van der Waals surface area (Å²) in [4.78, 5) is 21.5. The summed E-state index contributed by atoms with van der Waals surface area (Å²) in [6.07, 6.45) is 1.53. The van der Waals surface area contributed by atoms with E-state index in [9.17, 15) is 9.18 Å². The number of benzene rings is 1. The number of rotatable bonds is 3. The lowest BCUT2D eigenvalue weighted by Gasteiger charge is -2.21. The Kier molecular flexibility index (Phi) is 4.10. The second-order valence-electron chi connectivity index (χ2n) is 7.29. The van der Waals surface area contributed by atoms with Crippen LogP contribution in [0.3, 0.4) is 0 Å². The van der Waals surface area contributed by atoms with Gasteiger partial charge in [0.2, 0.25) is 5.95 Å². The molecule has 6 nitrogen and oxygen atoms in total. The summed E-state index contributed by atoms with van der Waals surface area (Å²) in [6.45, 7) is 8.15. The number of fused-ring (bicyclic) bond motifs is 1. The van der Waals surface area contributed by atoms with Gasteiger partial charge in [0.25, 0.3) is 5.56 Å². The third-order valence-corrected chi connectivity index (χ3v) is 4.08. The van der Waals surface area contributed by atoms with Gasteiger partial charge in [-0.1, -0.05) is 12.1 Å². The molecule has 0 atom stereocenters. The summed E-state index contributed by atoms with van der Waals surface area (Å²) in [6, 6.07) is 5.11. The standard InChI is InChI=1S/C18H22FN5O/c1-11-6-7-12(8-14(11)19)10-23(5)17-21-15-13(16(25)22-17)9-20-24(15)18(2,3)4/h6-9H,10H2,1-5H3,(H,21,22,25). The number of aromatic amines is 1. The minimum absolute atomic E-state index is 0.238. The van der Waals surface area contributed by atoms with Gasteiger partial charge in [-0.25, -0.2) is 9.07 Å². The van der Waals surface area contributed by atoms with E-state index in [1.165, 1.54) is 12.3 Å². The Morgan fingerprint density at radius 1 is 1.32 bits per heavy atom. The van der Waals surface area contributed by atoms with E-state index in [4.69, 9.17) is 0 Å². The van der Waals surface area contributed by atoms with Crippen LogP contribution in [0.15, 0.2) is 29.2 Å². The van der Waals surface area contributed by atoms with Crippen molar-refractivity contribution < 1.29 is 4.39 Å². The summed E-state index contributed by atoms with van der Waals surface area (Å²) >= 11 is 0. The molecule has 0 fully saturated rings. The van der Waals surface area contributed by atoms with E-state index in [1.807, 2.05) is 26.8 Å². The summed E-state index contributed by atoms with van der Waals surface area (Å²) in [7, 11) is 1.81. The first-order chi connectivity index (χ1) is 11.7. The van der Waals surface area contributed by atoms with Crippen LogP contribution in [0, 0.1) is 12.7 Å². The molecule has 3 aromatic rings. The molecule has 0 saturated heterocycles. The molecule has 0 saturated carbocycles. The van der Waals surface area contributed by atoms with Crippen molar-refractivity contribution in [3.8, 4) is 0 Å². The van der Waals surface area contributed by atoms with Crippen molar-refractivity contribution in [1.29, 1.82) is 0 Å². The smallest absolute Gasteiger partial charge is 0.263 e. The van der Waals surface area contributed by atoms with E-state index in [1.54, 1.807) is 29.6 Å². The van der Waals surface area contributed by atoms with Gasteiger partial charge in [-0.15, -0.1) is 0 Å². The zero-order valence-electron chi connectivity index (χ0n) is 15.1. The van der Waals surface area contributed by atoms with E-state index in [0.717, 1.165) is 5.56 Å². The first-order valence-corrected chi connectivity index (χ1v) is 8.11. The molecule has 0 bridgehead atoms. The maximum absolute atomic E-state index is 13.7. The van der Waals surface area contributed by atoms with Crippen LogP contribution in [0.4, 0.5) is 10.3 Å². The van der Waals surface area contributed by atoms with Gasteiger partial charge >= 0.3 is 0 Å². The molecule has 0 unspecified atom stereocenters. The molecule has 2 aromatic heterocycles. The number of hydrogen-bond acceptors (Lipinski definition) is 4. The van der Waals surface area contributed by atoms with Crippen LogP contribution < -0.4 is 10.5 Å². The predicted octanol–water partition coefficient (Wildman–Crippen LogP) is 2.96. The van der Waals surface area contributed by atoms with Crippen molar-refractivity contribution in [2.24, 2.45) is 0 Å². The van der Waals surface area contributed by atoms with Crippen LogP contribution in [-0.4, -0.2) is 26.8 Å². The topological polar surface area (TPSA) is 66.8 Å². The Morgan fingerprint density at radius 3 is 2.68 bits per heavy atom. The highest BCUT2D eigenvalue weighted by molar-refractivity contribution is 5.74. The first-order valence-electron chi connectivity index (χ1n) is 8.11. The van der Waals surface area contributed by atoms with Crippen molar-refractivity contribution in [2.75, 3.05) is 11.9 Å². The molecule has 0 spiro atoms. The van der Waals surface area contributed by atoms with Gasteiger partial charge in [0.1, 0.15) is 11.2 Å². The molecule has 0 aliphatic carbocycles. The Hall–Kier alpha value is -2.70. The fourth-order valence-electron chi connectivity index (χ4n) is 2.66. The third kappa shape index (κ3) is 3.26. The van der Waals surface area contributed by atoms with Crippen molar-refractivity contribution in [3.05, 3.63) is 51.7 Å². The van der Waals surface area contributed by atoms with Gasteiger partial charge in [0, 0.05) is 13.6 Å². The van der Waals surface area contributed by atoms with Crippen molar-refractivity contribution in [2.45, 2.75) is 39.8 Å². The lowest BCUT2D eigenvalue weighted by molar-refractivity contribution is 0.366. The number of nitrogens with zero attached hydrogens (tertiary/aromatic N) is 4. The minimum atomic E-state index is -0.293. The molecule has 2 heterocycles. The second-order valence-corrected chi connectivity index (χ2v) is 7.29. The maximum atomic E-state index is 13.7. The zero-order chi connectivity index (χ0) is 18.4. The highest BCUT2D eigenvalue weighted by atomic mass is 19.1. The van der Waals surface area contributed by atoms with Crippen LogP contribution in [0.5, 0.6) is 0 Å². The molecule has 0 radical (unpaired) electrons. The normalized spacial score (nSPS) is 11.9. The molecular formula is C18H22FN5O. The van der Waals surface area contributed by atoms with E-state index < -0.39 is 0 Å². The molecular weight excluding hydrogens is 321 g/mol. The predicted molar refractivity (Wildman–Crippen MR) is 96.4 cm³/mol. The van der Waals surface area contributed by atoms with Gasteiger partial charge in [0.15, 0.2) is 5.65 Å². The number of aromatic nitrogens is 4. The number of halogens is 1. The SMILES string of the molecule is Cc1ccc(CN(C)c2nc3c(cnn3C(C)(C)C)c(=O)[nH]2)cc1F. The van der Waals surface area contributed by atoms with Crippen molar-refractivity contribution in [1.82, 2.24) is 19.7 Å². The molecule has 7 heteroatoms. The lowest BCUT2D eigenvalue weighted by Crippen LogP contribution is -2.26. The summed E-state index contributed by atoms with van der Waals surface area (Å²) < 4.78 is 15.5. The zero-order valence-corrected chi connectivity index (χ0v) is 15.1. The fourth-order valence-corrected chi connectivity index (χ4v) is 2.66. The average molecular weight is 343 g/mol. The van der Waals surface area contributed by atoms with E-state index in [0.29, 0.717) is 29.1 Å². The van der Waals surface area contributed by atoms with Crippen molar-refractivity contribution in [3.63, 3.8) is 0 Å². The van der Waals surface area contributed by atoms with Gasteiger partial charge in [-0.05, 0) is 44.9 Å². The van der Waals surface area contributed by atoms with Crippen molar-refractivity contribution >= 4 is 17.0 Å². The summed E-state index contributed by atoms with van der Waals surface area (Å²) in [5, 5.41) is 4.75. The van der Waals surface area contributed by atoms with E-state index in [2.05, 4.69) is 15.1 Å². The Bertz CT molecular complexity index is 983. The summed E-state index contributed by atoms with van der Waals surface area (Å²) in [5.74, 6) is 0.179. The number of H-pyrrole nitrogens is 1. The van der Waals surface area contributed by atoms with Crippen LogP contribution in [-0.2, 0) is 12.1 Å². The molecule has 1 N–H and O–H groups in total. The first kappa shape index (κ1) is 17.1. The molecule has 1 aromatic carbocycles. The molecule has 0 amide bonds. The fraction of sp³-hybridized carbons (Fsp3) is 0.389. The molecule has 0 aliphatic heterocycles. The van der Waals surface area contributed by atoms with Gasteiger partial charge in [-0.2, -0.15) is 10.1 Å². The Balaban J connectivity index is 2.00. The average Bonchev–Trinajstić information content (AvgIpc) is 2.95. The third-order valence-electron chi connectivity index (χ3n) is 4.08. The number of anilines is 1. The van der Waals surface area contributed by atoms with Crippen LogP contribution >= 0.6 is 0 Å². The minimum Gasteiger partial charge on any atom is -0.341 e. The van der Waals surface area contributed by atoms with E-state index >= 15 is 0 Å². The second kappa shape index (κ2) is 5.98. The number of aryl methyl sites for hydroxylation is 1. The van der Waals surface area contributed by atoms with Crippen LogP contribution in [0.25, 0.3) is 11.0 Å². The van der Waals surface area contributed by atoms with Crippen LogP contribution in [0.1, 0.15) is 31.9 Å². The Morgan fingerprint density at radius 2 is 2.04 bits per heavy atom. The highest BCUT2D eigenvalue weighted by Crippen LogP contribution is 2.20. The highest BCUT2D eigenvalue weighted by Gasteiger charge is 2.20. The monoisotopic (exact) mass is 343 g/mol. The number of nitrogens with one attached hydrogen (secondary N) is 1. The maximum Gasteiger partial charge on any atom is 0.263 e.